The molecule has 0 aliphatic carbocycles. The Balaban J connectivity index is 0.00000361. The van der Waals surface area contributed by atoms with Gasteiger partial charge in [0.25, 0.3) is 0 Å². The van der Waals surface area contributed by atoms with Crippen LogP contribution in [0.1, 0.15) is 12.0 Å². The molecule has 0 bridgehead atoms. The number of hydrogen-bond acceptors (Lipinski definition) is 4. The molecule has 1 rings (SSSR count). The summed E-state index contributed by atoms with van der Waals surface area (Å²) in [5.74, 6) is 1.45. The summed E-state index contributed by atoms with van der Waals surface area (Å²) < 4.78 is 10.4. The van der Waals surface area contributed by atoms with Gasteiger partial charge in [0.15, 0.2) is 11.5 Å². The molecule has 1 amide bonds. The van der Waals surface area contributed by atoms with E-state index >= 15 is 0 Å². The van der Waals surface area contributed by atoms with E-state index in [2.05, 4.69) is 10.6 Å². The zero-order valence-electron chi connectivity index (χ0n) is 12.2. The number of carbonyl (C=O) groups is 1. The fourth-order valence-electron chi connectivity index (χ4n) is 1.71. The van der Waals surface area contributed by atoms with Crippen LogP contribution in [0.4, 0.5) is 0 Å². The zero-order chi connectivity index (χ0) is 14.1. The van der Waals surface area contributed by atoms with Gasteiger partial charge in [-0.25, -0.2) is 0 Å². The van der Waals surface area contributed by atoms with Gasteiger partial charge in [-0.15, -0.1) is 12.4 Å². The number of nitrogens with one attached hydrogen (secondary N) is 2. The van der Waals surface area contributed by atoms with E-state index in [1.54, 1.807) is 14.2 Å². The molecular formula is C14H23ClN2O3. The van der Waals surface area contributed by atoms with Crippen molar-refractivity contribution in [3.8, 4) is 11.5 Å². The molecule has 0 aliphatic heterocycles. The van der Waals surface area contributed by atoms with E-state index in [0.29, 0.717) is 30.9 Å². The highest BCUT2D eigenvalue weighted by atomic mass is 35.5. The first-order chi connectivity index (χ1) is 9.21. The van der Waals surface area contributed by atoms with Gasteiger partial charge in [-0.1, -0.05) is 6.07 Å². The summed E-state index contributed by atoms with van der Waals surface area (Å²) in [6, 6.07) is 5.70. The lowest BCUT2D eigenvalue weighted by molar-refractivity contribution is -0.121. The van der Waals surface area contributed by atoms with Crippen molar-refractivity contribution in [3.63, 3.8) is 0 Å². The average molecular weight is 303 g/mol. The number of carbonyl (C=O) groups excluding carboxylic acids is 1. The number of rotatable bonds is 8. The van der Waals surface area contributed by atoms with Crippen molar-refractivity contribution in [2.75, 3.05) is 34.4 Å². The van der Waals surface area contributed by atoms with Crippen LogP contribution in [-0.4, -0.2) is 40.3 Å². The van der Waals surface area contributed by atoms with Crippen LogP contribution in [0.25, 0.3) is 0 Å². The average Bonchev–Trinajstić information content (AvgIpc) is 2.45. The molecule has 0 fully saturated rings. The number of hydrogen-bond donors (Lipinski definition) is 2. The van der Waals surface area contributed by atoms with Gasteiger partial charge < -0.3 is 20.1 Å². The van der Waals surface area contributed by atoms with Gasteiger partial charge in [-0.05, 0) is 31.2 Å². The molecule has 0 aromatic heterocycles. The highest BCUT2D eigenvalue weighted by molar-refractivity contribution is 5.85. The van der Waals surface area contributed by atoms with Crippen LogP contribution in [-0.2, 0) is 11.2 Å². The lowest BCUT2D eigenvalue weighted by Gasteiger charge is -2.09. The van der Waals surface area contributed by atoms with Gasteiger partial charge >= 0.3 is 0 Å². The third-order valence-corrected chi connectivity index (χ3v) is 2.79. The summed E-state index contributed by atoms with van der Waals surface area (Å²) in [5, 5.41) is 5.83. The maximum absolute atomic E-state index is 11.6. The summed E-state index contributed by atoms with van der Waals surface area (Å²) >= 11 is 0. The molecule has 0 unspecified atom stereocenters. The predicted octanol–water partition coefficient (Wildman–Crippen LogP) is 1.39. The number of amides is 1. The fourth-order valence-corrected chi connectivity index (χ4v) is 1.71. The minimum Gasteiger partial charge on any atom is -0.493 e. The van der Waals surface area contributed by atoms with E-state index < -0.39 is 0 Å². The summed E-state index contributed by atoms with van der Waals surface area (Å²) in [5.41, 5.74) is 1.06. The van der Waals surface area contributed by atoms with Gasteiger partial charge in [0.05, 0.1) is 14.2 Å². The molecule has 0 heterocycles. The van der Waals surface area contributed by atoms with E-state index in [1.807, 2.05) is 25.2 Å². The van der Waals surface area contributed by atoms with Crippen molar-refractivity contribution >= 4 is 18.3 Å². The Morgan fingerprint density at radius 2 is 1.85 bits per heavy atom. The molecule has 1 aromatic carbocycles. The van der Waals surface area contributed by atoms with Gasteiger partial charge in [0.1, 0.15) is 0 Å². The Morgan fingerprint density at radius 1 is 1.15 bits per heavy atom. The largest absolute Gasteiger partial charge is 0.493 e. The predicted molar refractivity (Wildman–Crippen MR) is 82.1 cm³/mol. The van der Waals surface area contributed by atoms with Crippen LogP contribution in [0.15, 0.2) is 18.2 Å². The maximum atomic E-state index is 11.6. The summed E-state index contributed by atoms with van der Waals surface area (Å²) in [7, 11) is 5.06. The first-order valence-electron chi connectivity index (χ1n) is 6.33. The number of likely N-dealkylation sites (N-methyl/N-ethyl adjacent to an activating group) is 1. The van der Waals surface area contributed by atoms with Gasteiger partial charge in [0, 0.05) is 19.5 Å². The van der Waals surface area contributed by atoms with E-state index in [-0.39, 0.29) is 18.3 Å². The summed E-state index contributed by atoms with van der Waals surface area (Å²) in [6.45, 7) is 1.43. The van der Waals surface area contributed by atoms with Crippen molar-refractivity contribution in [2.45, 2.75) is 12.8 Å². The number of methoxy groups -OCH3 is 2. The third-order valence-electron chi connectivity index (χ3n) is 2.79. The standard InChI is InChI=1S/C14H22N2O3.ClH/c1-15-8-9-16-14(17)7-5-11-4-6-12(18-2)13(10-11)19-3;/h4,6,10,15H,5,7-9H2,1-3H3,(H,16,17);1H. The molecule has 0 saturated carbocycles. The molecular weight excluding hydrogens is 280 g/mol. The molecule has 0 aliphatic rings. The van der Waals surface area contributed by atoms with Gasteiger partial charge in [-0.2, -0.15) is 0 Å². The minimum atomic E-state index is 0. The summed E-state index contributed by atoms with van der Waals surface area (Å²) in [6.07, 6.45) is 1.16. The third kappa shape index (κ3) is 6.12. The van der Waals surface area contributed by atoms with Crippen LogP contribution in [0.5, 0.6) is 11.5 Å². The molecule has 114 valence electrons. The first kappa shape index (κ1) is 18.5. The Bertz CT molecular complexity index is 413. The fraction of sp³-hybridized carbons (Fsp3) is 0.500. The van der Waals surface area contributed by atoms with Crippen LogP contribution < -0.4 is 20.1 Å². The van der Waals surface area contributed by atoms with Gasteiger partial charge in [-0.3, -0.25) is 4.79 Å². The van der Waals surface area contributed by atoms with Crippen molar-refractivity contribution in [2.24, 2.45) is 0 Å². The van der Waals surface area contributed by atoms with Crippen molar-refractivity contribution in [3.05, 3.63) is 23.8 Å². The molecule has 0 atom stereocenters. The second kappa shape index (κ2) is 10.3. The van der Waals surface area contributed by atoms with Crippen LogP contribution >= 0.6 is 12.4 Å². The molecule has 0 spiro atoms. The second-order valence-corrected chi connectivity index (χ2v) is 4.14. The zero-order valence-corrected chi connectivity index (χ0v) is 13.0. The lowest BCUT2D eigenvalue weighted by Crippen LogP contribution is -2.30. The smallest absolute Gasteiger partial charge is 0.220 e. The van der Waals surface area contributed by atoms with Crippen LogP contribution in [0, 0.1) is 0 Å². The molecule has 1 aromatic rings. The topological polar surface area (TPSA) is 59.6 Å². The maximum Gasteiger partial charge on any atom is 0.220 e. The molecule has 0 radical (unpaired) electrons. The molecule has 5 nitrogen and oxygen atoms in total. The van der Waals surface area contributed by atoms with Gasteiger partial charge in [0.2, 0.25) is 5.91 Å². The van der Waals surface area contributed by atoms with Crippen molar-refractivity contribution < 1.29 is 14.3 Å². The number of aryl methyl sites for hydroxylation is 1. The Labute approximate surface area is 126 Å². The molecule has 2 N–H and O–H groups in total. The quantitative estimate of drug-likeness (QED) is 0.713. The Morgan fingerprint density at radius 3 is 2.45 bits per heavy atom. The number of ether oxygens (including phenoxy) is 2. The van der Waals surface area contributed by atoms with E-state index in [9.17, 15) is 4.79 Å². The van der Waals surface area contributed by atoms with E-state index in [1.165, 1.54) is 0 Å². The molecule has 0 saturated heterocycles. The van der Waals surface area contributed by atoms with Crippen LogP contribution in [0.2, 0.25) is 0 Å². The highest BCUT2D eigenvalue weighted by Crippen LogP contribution is 2.27. The molecule has 6 heteroatoms. The van der Waals surface area contributed by atoms with Crippen molar-refractivity contribution in [1.29, 1.82) is 0 Å². The van der Waals surface area contributed by atoms with E-state index in [4.69, 9.17) is 9.47 Å². The van der Waals surface area contributed by atoms with Crippen LogP contribution in [0.3, 0.4) is 0 Å². The Hall–Kier alpha value is -1.46. The summed E-state index contributed by atoms with van der Waals surface area (Å²) in [4.78, 5) is 11.6. The Kier molecular flexibility index (Phi) is 9.59. The SMILES string of the molecule is CNCCNC(=O)CCc1ccc(OC)c(OC)c1.Cl. The van der Waals surface area contributed by atoms with E-state index in [0.717, 1.165) is 12.1 Å². The lowest BCUT2D eigenvalue weighted by atomic mass is 10.1. The number of benzene rings is 1. The number of halogens is 1. The van der Waals surface area contributed by atoms with Crippen molar-refractivity contribution in [1.82, 2.24) is 10.6 Å². The minimum absolute atomic E-state index is 0. The second-order valence-electron chi connectivity index (χ2n) is 4.14. The molecule has 20 heavy (non-hydrogen) atoms. The highest BCUT2D eigenvalue weighted by Gasteiger charge is 2.06. The normalized spacial score (nSPS) is 9.55. The monoisotopic (exact) mass is 302 g/mol. The first-order valence-corrected chi connectivity index (χ1v) is 6.33.